The lowest BCUT2D eigenvalue weighted by Gasteiger charge is -2.07. The van der Waals surface area contributed by atoms with Crippen LogP contribution in [-0.4, -0.2) is 11.8 Å². The molecule has 0 radical (unpaired) electrons. The quantitative estimate of drug-likeness (QED) is 0.879. The molecular weight excluding hydrogens is 300 g/mol. The van der Waals surface area contributed by atoms with Crippen molar-refractivity contribution in [3.8, 4) is 0 Å². The highest BCUT2D eigenvalue weighted by molar-refractivity contribution is 6.30. The zero-order valence-electron chi connectivity index (χ0n) is 12.2. The van der Waals surface area contributed by atoms with Crippen LogP contribution < -0.4 is 10.6 Å². The number of amides is 2. The molecule has 2 aromatic carbocycles. The summed E-state index contributed by atoms with van der Waals surface area (Å²) >= 11 is 5.81. The van der Waals surface area contributed by atoms with Crippen molar-refractivity contribution < 1.29 is 9.59 Å². The molecule has 0 unspecified atom stereocenters. The van der Waals surface area contributed by atoms with E-state index in [9.17, 15) is 9.59 Å². The fourth-order valence-corrected chi connectivity index (χ4v) is 2.01. The van der Waals surface area contributed by atoms with E-state index in [0.717, 1.165) is 5.56 Å². The van der Waals surface area contributed by atoms with E-state index in [1.54, 1.807) is 43.3 Å². The lowest BCUT2D eigenvalue weighted by Crippen LogP contribution is -2.14. The van der Waals surface area contributed by atoms with Crippen LogP contribution in [0.3, 0.4) is 0 Å². The molecule has 0 saturated heterocycles. The molecule has 2 rings (SSSR count). The van der Waals surface area contributed by atoms with Gasteiger partial charge >= 0.3 is 0 Å². The lowest BCUT2D eigenvalue weighted by atomic mass is 10.1. The van der Waals surface area contributed by atoms with Gasteiger partial charge < -0.3 is 10.6 Å². The molecule has 2 amide bonds. The summed E-state index contributed by atoms with van der Waals surface area (Å²) in [5, 5.41) is 6.22. The van der Waals surface area contributed by atoms with E-state index in [1.807, 2.05) is 12.1 Å². The van der Waals surface area contributed by atoms with Crippen molar-refractivity contribution in [2.24, 2.45) is 0 Å². The third-order valence-electron chi connectivity index (χ3n) is 3.05. The molecule has 0 bridgehead atoms. The van der Waals surface area contributed by atoms with E-state index in [-0.39, 0.29) is 18.2 Å². The van der Waals surface area contributed by atoms with Gasteiger partial charge in [0.1, 0.15) is 0 Å². The van der Waals surface area contributed by atoms with Crippen molar-refractivity contribution in [2.75, 3.05) is 10.6 Å². The van der Waals surface area contributed by atoms with Gasteiger partial charge in [0.05, 0.1) is 6.42 Å². The molecule has 0 aliphatic heterocycles. The maximum absolute atomic E-state index is 12.0. The molecule has 22 heavy (non-hydrogen) atoms. The summed E-state index contributed by atoms with van der Waals surface area (Å²) in [7, 11) is 0. The third-order valence-corrected chi connectivity index (χ3v) is 3.30. The highest BCUT2D eigenvalue weighted by Crippen LogP contribution is 2.15. The SMILES string of the molecule is CCC(=O)Nc1ccc(NC(=O)Cc2ccc(Cl)cc2)cc1. The number of rotatable bonds is 5. The Kier molecular flexibility index (Phi) is 5.55. The average Bonchev–Trinajstić information content (AvgIpc) is 2.51. The third kappa shape index (κ3) is 4.90. The van der Waals surface area contributed by atoms with Crippen LogP contribution in [0.5, 0.6) is 0 Å². The topological polar surface area (TPSA) is 58.2 Å². The van der Waals surface area contributed by atoms with Crippen molar-refractivity contribution in [3.63, 3.8) is 0 Å². The molecule has 0 aromatic heterocycles. The van der Waals surface area contributed by atoms with Gasteiger partial charge in [0.2, 0.25) is 11.8 Å². The molecule has 2 aromatic rings. The lowest BCUT2D eigenvalue weighted by molar-refractivity contribution is -0.116. The van der Waals surface area contributed by atoms with Crippen LogP contribution in [0.2, 0.25) is 5.02 Å². The zero-order chi connectivity index (χ0) is 15.9. The van der Waals surface area contributed by atoms with Crippen molar-refractivity contribution >= 4 is 34.8 Å². The van der Waals surface area contributed by atoms with E-state index < -0.39 is 0 Å². The molecule has 0 spiro atoms. The van der Waals surface area contributed by atoms with Gasteiger partial charge in [0.15, 0.2) is 0 Å². The van der Waals surface area contributed by atoms with Crippen LogP contribution in [0.1, 0.15) is 18.9 Å². The van der Waals surface area contributed by atoms with Crippen molar-refractivity contribution in [1.82, 2.24) is 0 Å². The highest BCUT2D eigenvalue weighted by atomic mass is 35.5. The smallest absolute Gasteiger partial charge is 0.228 e. The molecule has 2 N–H and O–H groups in total. The fourth-order valence-electron chi connectivity index (χ4n) is 1.88. The second kappa shape index (κ2) is 7.61. The van der Waals surface area contributed by atoms with Crippen molar-refractivity contribution in [1.29, 1.82) is 0 Å². The molecular formula is C17H17ClN2O2. The predicted molar refractivity (Wildman–Crippen MR) is 89.1 cm³/mol. The summed E-state index contributed by atoms with van der Waals surface area (Å²) in [5.41, 5.74) is 2.30. The number of carbonyl (C=O) groups excluding carboxylic acids is 2. The Hall–Kier alpha value is -2.33. The Bertz CT molecular complexity index is 651. The summed E-state index contributed by atoms with van der Waals surface area (Å²) in [6.07, 6.45) is 0.713. The first-order valence-corrected chi connectivity index (χ1v) is 7.39. The number of halogens is 1. The number of anilines is 2. The summed E-state index contributed by atoms with van der Waals surface area (Å²) in [6.45, 7) is 1.79. The highest BCUT2D eigenvalue weighted by Gasteiger charge is 2.05. The van der Waals surface area contributed by atoms with Crippen LogP contribution >= 0.6 is 11.6 Å². The Labute approximate surface area is 134 Å². The van der Waals surface area contributed by atoms with Gasteiger partial charge in [0, 0.05) is 22.8 Å². The van der Waals surface area contributed by atoms with Crippen LogP contribution in [0.25, 0.3) is 0 Å². The van der Waals surface area contributed by atoms with Gasteiger partial charge in [-0.1, -0.05) is 30.7 Å². The summed E-state index contributed by atoms with van der Waals surface area (Å²) in [5.74, 6) is -0.146. The number of hydrogen-bond acceptors (Lipinski definition) is 2. The molecule has 0 atom stereocenters. The van der Waals surface area contributed by atoms with Gasteiger partial charge in [-0.2, -0.15) is 0 Å². The minimum absolute atomic E-state index is 0.0421. The molecule has 0 heterocycles. The summed E-state index contributed by atoms with van der Waals surface area (Å²) in [6, 6.07) is 14.2. The zero-order valence-corrected chi connectivity index (χ0v) is 13.0. The Morgan fingerprint density at radius 3 is 1.86 bits per heavy atom. The first-order chi connectivity index (χ1) is 10.6. The average molecular weight is 317 g/mol. The predicted octanol–water partition coefficient (Wildman–Crippen LogP) is 3.87. The fraction of sp³-hybridized carbons (Fsp3) is 0.176. The van der Waals surface area contributed by atoms with Gasteiger partial charge in [-0.3, -0.25) is 9.59 Å². The van der Waals surface area contributed by atoms with E-state index in [4.69, 9.17) is 11.6 Å². The largest absolute Gasteiger partial charge is 0.326 e. The monoisotopic (exact) mass is 316 g/mol. The molecule has 4 nitrogen and oxygen atoms in total. The minimum Gasteiger partial charge on any atom is -0.326 e. The first-order valence-electron chi connectivity index (χ1n) is 7.01. The van der Waals surface area contributed by atoms with Crippen molar-refractivity contribution in [3.05, 3.63) is 59.1 Å². The second-order valence-electron chi connectivity index (χ2n) is 4.83. The standard InChI is InChI=1S/C17H17ClN2O2/c1-2-16(21)19-14-7-9-15(10-8-14)20-17(22)11-12-3-5-13(18)6-4-12/h3-10H,2,11H2,1H3,(H,19,21)(H,20,22). The number of carbonyl (C=O) groups is 2. The second-order valence-corrected chi connectivity index (χ2v) is 5.27. The van der Waals surface area contributed by atoms with Crippen LogP contribution in [-0.2, 0) is 16.0 Å². The summed E-state index contributed by atoms with van der Waals surface area (Å²) < 4.78 is 0. The van der Waals surface area contributed by atoms with Crippen LogP contribution in [0.15, 0.2) is 48.5 Å². The van der Waals surface area contributed by atoms with E-state index in [1.165, 1.54) is 0 Å². The Balaban J connectivity index is 1.91. The van der Waals surface area contributed by atoms with E-state index in [2.05, 4.69) is 10.6 Å². The molecule has 0 saturated carbocycles. The molecule has 0 fully saturated rings. The molecule has 0 aliphatic rings. The Morgan fingerprint density at radius 2 is 1.36 bits per heavy atom. The van der Waals surface area contributed by atoms with Crippen molar-refractivity contribution in [2.45, 2.75) is 19.8 Å². The van der Waals surface area contributed by atoms with Crippen LogP contribution in [0, 0.1) is 0 Å². The van der Waals surface area contributed by atoms with Gasteiger partial charge in [-0.15, -0.1) is 0 Å². The number of hydrogen-bond donors (Lipinski definition) is 2. The molecule has 5 heteroatoms. The number of nitrogens with one attached hydrogen (secondary N) is 2. The first kappa shape index (κ1) is 16.0. The van der Waals surface area contributed by atoms with Gasteiger partial charge in [-0.05, 0) is 42.0 Å². The van der Waals surface area contributed by atoms with E-state index >= 15 is 0 Å². The number of benzene rings is 2. The Morgan fingerprint density at radius 1 is 0.864 bits per heavy atom. The van der Waals surface area contributed by atoms with Crippen LogP contribution in [0.4, 0.5) is 11.4 Å². The molecule has 0 aliphatic carbocycles. The van der Waals surface area contributed by atoms with Gasteiger partial charge in [0.25, 0.3) is 0 Å². The normalized spacial score (nSPS) is 10.1. The van der Waals surface area contributed by atoms with E-state index in [0.29, 0.717) is 22.8 Å². The minimum atomic E-state index is -0.104. The maximum atomic E-state index is 12.0. The maximum Gasteiger partial charge on any atom is 0.228 e. The molecule has 114 valence electrons. The summed E-state index contributed by atoms with van der Waals surface area (Å²) in [4.78, 5) is 23.2. The van der Waals surface area contributed by atoms with Gasteiger partial charge in [-0.25, -0.2) is 0 Å².